The van der Waals surface area contributed by atoms with Crippen LogP contribution in [0.3, 0.4) is 0 Å². The topological polar surface area (TPSA) is 22.1 Å². The molecule has 0 atom stereocenters. The van der Waals surface area contributed by atoms with Crippen LogP contribution in [0.15, 0.2) is 30.3 Å². The highest BCUT2D eigenvalue weighted by molar-refractivity contribution is 6.17. The van der Waals surface area contributed by atoms with E-state index in [1.807, 2.05) is 12.1 Å². The molecule has 0 amide bonds. The van der Waals surface area contributed by atoms with Crippen LogP contribution in [0.25, 0.3) is 0 Å². The van der Waals surface area contributed by atoms with Crippen LogP contribution in [0.5, 0.6) is 11.6 Å². The summed E-state index contributed by atoms with van der Waals surface area (Å²) in [4.78, 5) is 4.54. The second-order valence-electron chi connectivity index (χ2n) is 5.59. The van der Waals surface area contributed by atoms with Crippen LogP contribution in [-0.4, -0.2) is 4.98 Å². The summed E-state index contributed by atoms with van der Waals surface area (Å²) in [6, 6.07) is 10.2. The Morgan fingerprint density at radius 1 is 1.19 bits per heavy atom. The zero-order chi connectivity index (χ0) is 15.4. The fourth-order valence-corrected chi connectivity index (χ4v) is 2.40. The summed E-state index contributed by atoms with van der Waals surface area (Å²) < 4.78 is 6.07. The highest BCUT2D eigenvalue weighted by Crippen LogP contribution is 2.31. The molecule has 112 valence electrons. The quantitative estimate of drug-likeness (QED) is 0.670. The Morgan fingerprint density at radius 2 is 1.95 bits per heavy atom. The Hall–Kier alpha value is -1.54. The minimum Gasteiger partial charge on any atom is -0.439 e. The predicted molar refractivity (Wildman–Crippen MR) is 88.5 cm³/mol. The first-order chi connectivity index (χ1) is 10.0. The van der Waals surface area contributed by atoms with Crippen molar-refractivity contribution < 1.29 is 4.74 Å². The summed E-state index contributed by atoms with van der Waals surface area (Å²) in [6.07, 6.45) is 0.867. The molecule has 0 saturated heterocycles. The molecule has 2 nitrogen and oxygen atoms in total. The highest BCUT2D eigenvalue weighted by atomic mass is 35.5. The lowest BCUT2D eigenvalue weighted by atomic mass is 10.0. The molecule has 0 aliphatic heterocycles. The minimum absolute atomic E-state index is 0.405. The number of rotatable bonds is 5. The summed E-state index contributed by atoms with van der Waals surface area (Å²) in [5, 5.41) is 0. The zero-order valence-electron chi connectivity index (χ0n) is 13.1. The molecule has 2 aromatic rings. The summed E-state index contributed by atoms with van der Waals surface area (Å²) in [5.41, 5.74) is 4.41. The van der Waals surface area contributed by atoms with Gasteiger partial charge in [0.15, 0.2) is 0 Å². The van der Waals surface area contributed by atoms with E-state index in [1.54, 1.807) is 0 Å². The van der Waals surface area contributed by atoms with Crippen LogP contribution >= 0.6 is 11.6 Å². The Balaban J connectivity index is 2.39. The van der Waals surface area contributed by atoms with E-state index in [2.05, 4.69) is 50.9 Å². The SMILES string of the molecule is CCc1cc(CCl)cc(Oc2cc(C)ccc2C(C)C)n1. The van der Waals surface area contributed by atoms with E-state index in [1.165, 1.54) is 11.1 Å². The molecule has 1 aromatic carbocycles. The van der Waals surface area contributed by atoms with Gasteiger partial charge in [0, 0.05) is 17.6 Å². The van der Waals surface area contributed by atoms with Gasteiger partial charge in [0.25, 0.3) is 0 Å². The van der Waals surface area contributed by atoms with Gasteiger partial charge in [-0.1, -0.05) is 32.9 Å². The molecule has 0 fully saturated rings. The number of halogens is 1. The fraction of sp³-hybridized carbons (Fsp3) is 0.389. The first-order valence-corrected chi connectivity index (χ1v) is 7.91. The summed E-state index contributed by atoms with van der Waals surface area (Å²) >= 11 is 5.95. The van der Waals surface area contributed by atoms with E-state index in [0.717, 1.165) is 23.4 Å². The lowest BCUT2D eigenvalue weighted by molar-refractivity contribution is 0.451. The number of ether oxygens (including phenoxy) is 1. The van der Waals surface area contributed by atoms with Crippen LogP contribution in [0.4, 0.5) is 0 Å². The third-order valence-electron chi connectivity index (χ3n) is 3.44. The van der Waals surface area contributed by atoms with Crippen LogP contribution in [0.2, 0.25) is 0 Å². The van der Waals surface area contributed by atoms with E-state index < -0.39 is 0 Å². The van der Waals surface area contributed by atoms with Crippen LogP contribution in [-0.2, 0) is 12.3 Å². The van der Waals surface area contributed by atoms with Crippen molar-refractivity contribution in [2.45, 2.75) is 45.9 Å². The van der Waals surface area contributed by atoms with Gasteiger partial charge in [0.2, 0.25) is 5.88 Å². The van der Waals surface area contributed by atoms with Crippen molar-refractivity contribution in [3.8, 4) is 11.6 Å². The maximum Gasteiger partial charge on any atom is 0.219 e. The Kier molecular flexibility index (Phi) is 5.24. The van der Waals surface area contributed by atoms with Crippen molar-refractivity contribution in [2.75, 3.05) is 0 Å². The van der Waals surface area contributed by atoms with E-state index in [9.17, 15) is 0 Å². The first kappa shape index (κ1) is 15.8. The molecule has 0 radical (unpaired) electrons. The standard InChI is InChI=1S/C18H22ClNO/c1-5-15-9-14(11-19)10-18(20-15)21-17-8-13(4)6-7-16(17)12(2)3/h6-10,12H,5,11H2,1-4H3. The second kappa shape index (κ2) is 6.95. The van der Waals surface area contributed by atoms with Gasteiger partial charge in [0.1, 0.15) is 5.75 Å². The molecule has 21 heavy (non-hydrogen) atoms. The lowest BCUT2D eigenvalue weighted by Crippen LogP contribution is -1.98. The Labute approximate surface area is 132 Å². The van der Waals surface area contributed by atoms with E-state index in [4.69, 9.17) is 16.3 Å². The summed E-state index contributed by atoms with van der Waals surface area (Å²) in [6.45, 7) is 8.47. The molecule has 3 heteroatoms. The molecular formula is C18H22ClNO. The van der Waals surface area contributed by atoms with Gasteiger partial charge in [0.05, 0.1) is 0 Å². The van der Waals surface area contributed by atoms with Crippen molar-refractivity contribution in [3.05, 3.63) is 52.7 Å². The molecule has 0 aliphatic rings. The van der Waals surface area contributed by atoms with Crippen molar-refractivity contribution in [1.29, 1.82) is 0 Å². The third-order valence-corrected chi connectivity index (χ3v) is 3.75. The van der Waals surface area contributed by atoms with E-state index >= 15 is 0 Å². The van der Waals surface area contributed by atoms with Gasteiger partial charge in [-0.05, 0) is 48.1 Å². The van der Waals surface area contributed by atoms with E-state index in [0.29, 0.717) is 17.7 Å². The first-order valence-electron chi connectivity index (χ1n) is 7.37. The van der Waals surface area contributed by atoms with Gasteiger partial charge in [-0.25, -0.2) is 4.98 Å². The molecule has 1 aromatic heterocycles. The van der Waals surface area contributed by atoms with Gasteiger partial charge in [-0.2, -0.15) is 0 Å². The van der Waals surface area contributed by atoms with Gasteiger partial charge in [-0.3, -0.25) is 0 Å². The molecule has 0 bridgehead atoms. The molecule has 0 aliphatic carbocycles. The third kappa shape index (κ3) is 3.98. The number of hydrogen-bond acceptors (Lipinski definition) is 2. The molecule has 1 heterocycles. The Morgan fingerprint density at radius 3 is 2.57 bits per heavy atom. The summed E-state index contributed by atoms with van der Waals surface area (Å²) in [7, 11) is 0. The Bertz CT molecular complexity index is 600. The molecule has 2 rings (SSSR count). The highest BCUT2D eigenvalue weighted by Gasteiger charge is 2.11. The number of aryl methyl sites for hydroxylation is 2. The summed E-state index contributed by atoms with van der Waals surface area (Å²) in [5.74, 6) is 2.38. The van der Waals surface area contributed by atoms with Gasteiger partial charge >= 0.3 is 0 Å². The second-order valence-corrected chi connectivity index (χ2v) is 5.86. The fourth-order valence-electron chi connectivity index (χ4n) is 2.25. The van der Waals surface area contributed by atoms with Crippen molar-refractivity contribution >= 4 is 11.6 Å². The maximum atomic E-state index is 6.07. The molecule has 0 spiro atoms. The van der Waals surface area contributed by atoms with E-state index in [-0.39, 0.29) is 0 Å². The monoisotopic (exact) mass is 303 g/mol. The van der Waals surface area contributed by atoms with Crippen LogP contribution in [0.1, 0.15) is 49.1 Å². The van der Waals surface area contributed by atoms with Crippen molar-refractivity contribution in [1.82, 2.24) is 4.98 Å². The van der Waals surface area contributed by atoms with Crippen molar-refractivity contribution in [2.24, 2.45) is 0 Å². The molecule has 0 unspecified atom stereocenters. The predicted octanol–water partition coefficient (Wildman–Crippen LogP) is 5.61. The number of nitrogens with zero attached hydrogens (tertiary/aromatic N) is 1. The minimum atomic E-state index is 0.405. The average Bonchev–Trinajstić information content (AvgIpc) is 2.46. The van der Waals surface area contributed by atoms with Crippen LogP contribution < -0.4 is 4.74 Å². The van der Waals surface area contributed by atoms with Gasteiger partial charge < -0.3 is 4.74 Å². The molecule has 0 saturated carbocycles. The van der Waals surface area contributed by atoms with Gasteiger partial charge in [-0.15, -0.1) is 11.6 Å². The van der Waals surface area contributed by atoms with Crippen molar-refractivity contribution in [3.63, 3.8) is 0 Å². The number of hydrogen-bond donors (Lipinski definition) is 0. The van der Waals surface area contributed by atoms with Crippen LogP contribution in [0, 0.1) is 6.92 Å². The number of alkyl halides is 1. The maximum absolute atomic E-state index is 6.07. The number of aromatic nitrogens is 1. The average molecular weight is 304 g/mol. The zero-order valence-corrected chi connectivity index (χ0v) is 13.9. The smallest absolute Gasteiger partial charge is 0.219 e. The molecule has 0 N–H and O–H groups in total. The number of pyridine rings is 1. The molecular weight excluding hydrogens is 282 g/mol. The normalized spacial score (nSPS) is 11.0. The number of benzene rings is 1. The lowest BCUT2D eigenvalue weighted by Gasteiger charge is -2.15. The largest absolute Gasteiger partial charge is 0.439 e.